The van der Waals surface area contributed by atoms with Crippen LogP contribution in [0.25, 0.3) is 0 Å². The van der Waals surface area contributed by atoms with Gasteiger partial charge in [-0.25, -0.2) is 4.98 Å². The van der Waals surface area contributed by atoms with Gasteiger partial charge in [0.1, 0.15) is 12.2 Å². The Bertz CT molecular complexity index is 550. The van der Waals surface area contributed by atoms with E-state index in [-0.39, 0.29) is 6.04 Å². The molecule has 2 N–H and O–H groups in total. The minimum absolute atomic E-state index is 0.113. The lowest BCUT2D eigenvalue weighted by molar-refractivity contribution is 0.548. The molecule has 0 aliphatic heterocycles. The van der Waals surface area contributed by atoms with Crippen LogP contribution < -0.4 is 5.73 Å². The fraction of sp³-hybridized carbons (Fsp3) is 0.429. The van der Waals surface area contributed by atoms with Gasteiger partial charge in [0.05, 0.1) is 0 Å². The van der Waals surface area contributed by atoms with Crippen LogP contribution in [0.1, 0.15) is 36.3 Å². The van der Waals surface area contributed by atoms with Crippen LogP contribution in [0, 0.1) is 6.92 Å². The summed E-state index contributed by atoms with van der Waals surface area (Å²) in [7, 11) is 0. The fourth-order valence-electron chi connectivity index (χ4n) is 2.00. The average Bonchev–Trinajstić information content (AvgIpc) is 2.80. The normalized spacial score (nSPS) is 12.6. The first kappa shape index (κ1) is 14.0. The Hall–Kier alpha value is -1.39. The first-order valence-electron chi connectivity index (χ1n) is 6.50. The van der Waals surface area contributed by atoms with Gasteiger partial charge in [0.2, 0.25) is 0 Å². The number of rotatable bonds is 5. The quantitative estimate of drug-likeness (QED) is 0.915. The lowest BCUT2D eigenvalue weighted by atomic mass is 10.0. The van der Waals surface area contributed by atoms with Gasteiger partial charge in [-0.1, -0.05) is 30.7 Å². The molecule has 2 rings (SSSR count). The van der Waals surface area contributed by atoms with E-state index < -0.39 is 0 Å². The van der Waals surface area contributed by atoms with Crippen LogP contribution in [-0.2, 0) is 13.0 Å². The molecule has 0 amide bonds. The summed E-state index contributed by atoms with van der Waals surface area (Å²) in [6.45, 7) is 4.97. The zero-order valence-corrected chi connectivity index (χ0v) is 12.1. The third-order valence-corrected chi connectivity index (χ3v) is 3.56. The minimum atomic E-state index is -0.113. The average molecular weight is 279 g/mol. The fourth-order valence-corrected chi connectivity index (χ4v) is 2.19. The number of aromatic nitrogens is 3. The van der Waals surface area contributed by atoms with E-state index in [1.807, 2.05) is 29.8 Å². The molecule has 4 nitrogen and oxygen atoms in total. The van der Waals surface area contributed by atoms with Gasteiger partial charge in [-0.15, -0.1) is 0 Å². The van der Waals surface area contributed by atoms with E-state index in [9.17, 15) is 0 Å². The van der Waals surface area contributed by atoms with E-state index in [2.05, 4.69) is 17.0 Å². The highest BCUT2D eigenvalue weighted by Gasteiger charge is 2.12. The molecule has 0 saturated heterocycles. The molecule has 0 aliphatic carbocycles. The second kappa shape index (κ2) is 6.17. The van der Waals surface area contributed by atoms with Crippen molar-refractivity contribution in [2.75, 3.05) is 0 Å². The maximum Gasteiger partial charge on any atom is 0.138 e. The molecule has 0 bridgehead atoms. The SMILES string of the molecule is CCCn1ncnc1CC(N)c1ccc(C)c(Cl)c1. The Morgan fingerprint density at radius 1 is 1.42 bits per heavy atom. The summed E-state index contributed by atoms with van der Waals surface area (Å²) in [4.78, 5) is 4.28. The Kier molecular flexibility index (Phi) is 4.56. The van der Waals surface area contributed by atoms with Crippen molar-refractivity contribution in [2.45, 2.75) is 39.3 Å². The van der Waals surface area contributed by atoms with Gasteiger partial charge in [0.25, 0.3) is 0 Å². The van der Waals surface area contributed by atoms with Gasteiger partial charge >= 0.3 is 0 Å². The molecule has 2 aromatic rings. The molecule has 102 valence electrons. The van der Waals surface area contributed by atoms with Gasteiger partial charge in [-0.3, -0.25) is 4.68 Å². The summed E-state index contributed by atoms with van der Waals surface area (Å²) in [5.41, 5.74) is 8.32. The van der Waals surface area contributed by atoms with Crippen LogP contribution in [0.15, 0.2) is 24.5 Å². The largest absolute Gasteiger partial charge is 0.324 e. The summed E-state index contributed by atoms with van der Waals surface area (Å²) >= 11 is 6.13. The standard InChI is InChI=1S/C14H19ClN4/c1-3-6-19-14(17-9-18-19)8-13(16)11-5-4-10(2)12(15)7-11/h4-5,7,9,13H,3,6,8,16H2,1-2H3. The van der Waals surface area contributed by atoms with Gasteiger partial charge < -0.3 is 5.73 Å². The van der Waals surface area contributed by atoms with Crippen LogP contribution in [0.3, 0.4) is 0 Å². The monoisotopic (exact) mass is 278 g/mol. The number of nitrogens with zero attached hydrogens (tertiary/aromatic N) is 3. The topological polar surface area (TPSA) is 56.7 Å². The highest BCUT2D eigenvalue weighted by atomic mass is 35.5. The number of hydrogen-bond acceptors (Lipinski definition) is 3. The van der Waals surface area contributed by atoms with E-state index >= 15 is 0 Å². The summed E-state index contributed by atoms with van der Waals surface area (Å²) in [5.74, 6) is 0.922. The highest BCUT2D eigenvalue weighted by molar-refractivity contribution is 6.31. The van der Waals surface area contributed by atoms with Crippen molar-refractivity contribution >= 4 is 11.6 Å². The summed E-state index contributed by atoms with van der Waals surface area (Å²) in [6.07, 6.45) is 3.28. The Morgan fingerprint density at radius 2 is 2.21 bits per heavy atom. The zero-order chi connectivity index (χ0) is 13.8. The minimum Gasteiger partial charge on any atom is -0.324 e. The van der Waals surface area contributed by atoms with Crippen molar-refractivity contribution in [3.8, 4) is 0 Å². The molecule has 5 heteroatoms. The van der Waals surface area contributed by atoms with Crippen molar-refractivity contribution in [2.24, 2.45) is 5.73 Å². The highest BCUT2D eigenvalue weighted by Crippen LogP contribution is 2.22. The predicted molar refractivity (Wildman–Crippen MR) is 77.1 cm³/mol. The second-order valence-electron chi connectivity index (χ2n) is 4.72. The van der Waals surface area contributed by atoms with Crippen molar-refractivity contribution in [3.63, 3.8) is 0 Å². The molecule has 1 heterocycles. The summed E-state index contributed by atoms with van der Waals surface area (Å²) < 4.78 is 1.91. The van der Waals surface area contributed by atoms with E-state index in [0.29, 0.717) is 6.42 Å². The predicted octanol–water partition coefficient (Wildman–Crippen LogP) is 2.89. The molecule has 19 heavy (non-hydrogen) atoms. The van der Waals surface area contributed by atoms with Gasteiger partial charge in [-0.2, -0.15) is 5.10 Å². The van der Waals surface area contributed by atoms with Crippen LogP contribution in [0.4, 0.5) is 0 Å². The molecular formula is C14H19ClN4. The number of hydrogen-bond donors (Lipinski definition) is 1. The van der Waals surface area contributed by atoms with Crippen molar-refractivity contribution in [1.29, 1.82) is 0 Å². The Morgan fingerprint density at radius 3 is 2.89 bits per heavy atom. The van der Waals surface area contributed by atoms with Gasteiger partial charge in [0.15, 0.2) is 0 Å². The summed E-state index contributed by atoms with van der Waals surface area (Å²) in [6, 6.07) is 5.83. The van der Waals surface area contributed by atoms with Crippen LogP contribution in [-0.4, -0.2) is 14.8 Å². The second-order valence-corrected chi connectivity index (χ2v) is 5.13. The van der Waals surface area contributed by atoms with E-state index in [0.717, 1.165) is 34.9 Å². The first-order chi connectivity index (χ1) is 9.11. The van der Waals surface area contributed by atoms with Crippen LogP contribution in [0.5, 0.6) is 0 Å². The number of aryl methyl sites for hydroxylation is 2. The first-order valence-corrected chi connectivity index (χ1v) is 6.88. The van der Waals surface area contributed by atoms with Crippen LogP contribution >= 0.6 is 11.6 Å². The zero-order valence-electron chi connectivity index (χ0n) is 11.3. The summed E-state index contributed by atoms with van der Waals surface area (Å²) in [5, 5.41) is 4.96. The molecule has 0 saturated carbocycles. The number of nitrogens with two attached hydrogens (primary N) is 1. The van der Waals surface area contributed by atoms with E-state index in [1.54, 1.807) is 6.33 Å². The third-order valence-electron chi connectivity index (χ3n) is 3.16. The molecule has 1 aromatic carbocycles. The number of benzene rings is 1. The van der Waals surface area contributed by atoms with Crippen molar-refractivity contribution in [3.05, 3.63) is 46.5 Å². The van der Waals surface area contributed by atoms with Crippen LogP contribution in [0.2, 0.25) is 5.02 Å². The van der Waals surface area contributed by atoms with Crippen molar-refractivity contribution < 1.29 is 0 Å². The lowest BCUT2D eigenvalue weighted by Gasteiger charge is -2.13. The van der Waals surface area contributed by atoms with E-state index in [1.165, 1.54) is 0 Å². The molecule has 1 unspecified atom stereocenters. The lowest BCUT2D eigenvalue weighted by Crippen LogP contribution is -2.17. The molecular weight excluding hydrogens is 260 g/mol. The third kappa shape index (κ3) is 3.33. The molecule has 0 aliphatic rings. The molecule has 0 radical (unpaired) electrons. The Labute approximate surface area is 118 Å². The van der Waals surface area contributed by atoms with Gasteiger partial charge in [-0.05, 0) is 30.5 Å². The maximum absolute atomic E-state index is 6.23. The van der Waals surface area contributed by atoms with E-state index in [4.69, 9.17) is 17.3 Å². The molecule has 1 atom stereocenters. The number of halogens is 1. The maximum atomic E-state index is 6.23. The van der Waals surface area contributed by atoms with Crippen molar-refractivity contribution in [1.82, 2.24) is 14.8 Å². The Balaban J connectivity index is 2.13. The molecule has 0 spiro atoms. The molecule has 0 fully saturated rings. The van der Waals surface area contributed by atoms with Gasteiger partial charge in [0, 0.05) is 24.0 Å². The smallest absolute Gasteiger partial charge is 0.138 e. The molecule has 1 aromatic heterocycles.